The molecule has 30 heavy (non-hydrogen) atoms. The molecule has 0 aliphatic heterocycles. The van der Waals surface area contributed by atoms with Gasteiger partial charge in [0.25, 0.3) is 0 Å². The average Bonchev–Trinajstić information content (AvgIpc) is 3.28. The first-order valence-electron chi connectivity index (χ1n) is 10.4. The highest BCUT2D eigenvalue weighted by Crippen LogP contribution is 2.34. The Bertz CT molecular complexity index is 1520. The molecule has 3 nitrogen and oxygen atoms in total. The first kappa shape index (κ1) is 17.3. The predicted molar refractivity (Wildman–Crippen MR) is 127 cm³/mol. The maximum atomic E-state index is 4.91. The molecule has 0 amide bonds. The van der Waals surface area contributed by atoms with Crippen molar-refractivity contribution in [2.24, 2.45) is 0 Å². The summed E-state index contributed by atoms with van der Waals surface area (Å²) in [4.78, 5) is 8.43. The SMILES string of the molecule is CC(C)(C)c1ccc2c(n1)[nH]c1ccc(-n3c4ccccc4c4ccccc43)cc12. The van der Waals surface area contributed by atoms with Crippen LogP contribution in [0.4, 0.5) is 0 Å². The molecule has 0 radical (unpaired) electrons. The maximum Gasteiger partial charge on any atom is 0.138 e. The van der Waals surface area contributed by atoms with Crippen molar-refractivity contribution in [2.45, 2.75) is 26.2 Å². The molecule has 3 aromatic carbocycles. The molecule has 146 valence electrons. The quantitative estimate of drug-likeness (QED) is 0.319. The third kappa shape index (κ3) is 2.42. The summed E-state index contributed by atoms with van der Waals surface area (Å²) < 4.78 is 2.36. The van der Waals surface area contributed by atoms with E-state index in [2.05, 4.69) is 109 Å². The number of benzene rings is 3. The van der Waals surface area contributed by atoms with Gasteiger partial charge in [0, 0.05) is 43.9 Å². The molecule has 6 aromatic rings. The molecule has 1 N–H and O–H groups in total. The van der Waals surface area contributed by atoms with Gasteiger partial charge in [-0.1, -0.05) is 57.2 Å². The van der Waals surface area contributed by atoms with E-state index in [1.807, 2.05) is 0 Å². The molecule has 0 bridgehead atoms. The van der Waals surface area contributed by atoms with Gasteiger partial charge in [0.1, 0.15) is 5.65 Å². The third-order valence-electron chi connectivity index (χ3n) is 6.05. The Kier molecular flexibility index (Phi) is 3.43. The van der Waals surface area contributed by atoms with Gasteiger partial charge in [-0.15, -0.1) is 0 Å². The van der Waals surface area contributed by atoms with Crippen molar-refractivity contribution < 1.29 is 0 Å². The van der Waals surface area contributed by atoms with Crippen LogP contribution in [0, 0.1) is 0 Å². The van der Waals surface area contributed by atoms with Crippen LogP contribution in [0.25, 0.3) is 49.4 Å². The molecule has 0 fully saturated rings. The molecule has 0 atom stereocenters. The zero-order chi connectivity index (χ0) is 20.5. The number of aromatic nitrogens is 3. The lowest BCUT2D eigenvalue weighted by molar-refractivity contribution is 0.571. The van der Waals surface area contributed by atoms with Crippen LogP contribution in [0.3, 0.4) is 0 Å². The highest BCUT2D eigenvalue weighted by Gasteiger charge is 2.17. The fraction of sp³-hybridized carbons (Fsp3) is 0.148. The van der Waals surface area contributed by atoms with Crippen molar-refractivity contribution in [1.29, 1.82) is 0 Å². The number of pyridine rings is 1. The summed E-state index contributed by atoms with van der Waals surface area (Å²) in [5.74, 6) is 0. The van der Waals surface area contributed by atoms with Gasteiger partial charge in [0.05, 0.1) is 11.0 Å². The van der Waals surface area contributed by atoms with Crippen molar-refractivity contribution in [1.82, 2.24) is 14.5 Å². The van der Waals surface area contributed by atoms with E-state index in [1.54, 1.807) is 0 Å². The summed E-state index contributed by atoms with van der Waals surface area (Å²) in [6, 6.07) is 28.3. The van der Waals surface area contributed by atoms with Crippen LogP contribution in [0.2, 0.25) is 0 Å². The Hall–Kier alpha value is -3.59. The normalized spacial score (nSPS) is 12.5. The van der Waals surface area contributed by atoms with Crippen LogP contribution in [0.1, 0.15) is 26.5 Å². The van der Waals surface area contributed by atoms with Crippen LogP contribution in [-0.2, 0) is 5.41 Å². The lowest BCUT2D eigenvalue weighted by atomic mass is 9.91. The molecule has 0 aliphatic rings. The zero-order valence-corrected chi connectivity index (χ0v) is 17.4. The number of nitrogens with zero attached hydrogens (tertiary/aromatic N) is 2. The largest absolute Gasteiger partial charge is 0.339 e. The van der Waals surface area contributed by atoms with Gasteiger partial charge in [-0.25, -0.2) is 4.98 Å². The fourth-order valence-corrected chi connectivity index (χ4v) is 4.52. The number of hydrogen-bond acceptors (Lipinski definition) is 1. The van der Waals surface area contributed by atoms with Gasteiger partial charge in [-0.3, -0.25) is 0 Å². The third-order valence-corrected chi connectivity index (χ3v) is 6.05. The lowest BCUT2D eigenvalue weighted by Gasteiger charge is -2.17. The Labute approximate surface area is 175 Å². The molecule has 3 aromatic heterocycles. The van der Waals surface area contributed by atoms with E-state index in [0.29, 0.717) is 0 Å². The van der Waals surface area contributed by atoms with E-state index in [9.17, 15) is 0 Å². The lowest BCUT2D eigenvalue weighted by Crippen LogP contribution is -2.13. The minimum atomic E-state index is 0.0274. The van der Waals surface area contributed by atoms with E-state index in [0.717, 1.165) is 16.9 Å². The predicted octanol–water partition coefficient (Wildman–Crippen LogP) is 7.11. The van der Waals surface area contributed by atoms with Crippen LogP contribution in [0.15, 0.2) is 78.9 Å². The molecular formula is C27H23N3. The Morgan fingerprint density at radius 3 is 2.03 bits per heavy atom. The summed E-state index contributed by atoms with van der Waals surface area (Å²) in [7, 11) is 0. The first-order valence-corrected chi connectivity index (χ1v) is 10.4. The first-order chi connectivity index (χ1) is 14.5. The Balaban J connectivity index is 1.65. The zero-order valence-electron chi connectivity index (χ0n) is 17.4. The molecule has 0 aliphatic carbocycles. The summed E-state index contributed by atoms with van der Waals surface area (Å²) in [5.41, 5.74) is 6.83. The van der Waals surface area contributed by atoms with Crippen LogP contribution in [0.5, 0.6) is 0 Å². The molecular weight excluding hydrogens is 366 g/mol. The summed E-state index contributed by atoms with van der Waals surface area (Å²) in [6.07, 6.45) is 0. The molecule has 3 heteroatoms. The van der Waals surface area contributed by atoms with Crippen LogP contribution in [-0.4, -0.2) is 14.5 Å². The van der Waals surface area contributed by atoms with E-state index < -0.39 is 0 Å². The van der Waals surface area contributed by atoms with Crippen LogP contribution < -0.4 is 0 Å². The Morgan fingerprint density at radius 1 is 0.700 bits per heavy atom. The summed E-state index contributed by atoms with van der Waals surface area (Å²) in [6.45, 7) is 6.60. The smallest absolute Gasteiger partial charge is 0.138 e. The molecule has 0 saturated heterocycles. The van der Waals surface area contributed by atoms with Crippen LogP contribution >= 0.6 is 0 Å². The van der Waals surface area contributed by atoms with Crippen molar-refractivity contribution >= 4 is 43.7 Å². The number of para-hydroxylation sites is 2. The van der Waals surface area contributed by atoms with Gasteiger partial charge < -0.3 is 9.55 Å². The minimum Gasteiger partial charge on any atom is -0.339 e. The number of fused-ring (bicyclic) bond motifs is 6. The second-order valence-corrected chi connectivity index (χ2v) is 9.07. The van der Waals surface area contributed by atoms with Crippen molar-refractivity contribution in [3.05, 3.63) is 84.6 Å². The molecule has 6 rings (SSSR count). The Morgan fingerprint density at radius 2 is 1.37 bits per heavy atom. The van der Waals surface area contributed by atoms with Gasteiger partial charge >= 0.3 is 0 Å². The monoisotopic (exact) mass is 389 g/mol. The van der Waals surface area contributed by atoms with Crippen molar-refractivity contribution in [3.63, 3.8) is 0 Å². The maximum absolute atomic E-state index is 4.91. The topological polar surface area (TPSA) is 33.6 Å². The number of hydrogen-bond donors (Lipinski definition) is 1. The van der Waals surface area contributed by atoms with E-state index in [-0.39, 0.29) is 5.41 Å². The average molecular weight is 390 g/mol. The molecule has 0 unspecified atom stereocenters. The van der Waals surface area contributed by atoms with Gasteiger partial charge in [0.2, 0.25) is 0 Å². The fourth-order valence-electron chi connectivity index (χ4n) is 4.52. The van der Waals surface area contributed by atoms with Gasteiger partial charge in [0.15, 0.2) is 0 Å². The standard InChI is InChI=1S/C27H23N3/c1-27(2,3)25-15-13-20-21-16-17(12-14-22(21)28-26(20)29-25)30-23-10-6-4-8-18(23)19-9-5-7-11-24(19)30/h4-16H,1-3H3,(H,28,29). The highest BCUT2D eigenvalue weighted by molar-refractivity contribution is 6.10. The number of nitrogens with one attached hydrogen (secondary N) is 1. The summed E-state index contributed by atoms with van der Waals surface area (Å²) in [5, 5.41) is 4.94. The molecule has 0 saturated carbocycles. The van der Waals surface area contributed by atoms with Gasteiger partial charge in [-0.2, -0.15) is 0 Å². The van der Waals surface area contributed by atoms with Crippen molar-refractivity contribution in [3.8, 4) is 5.69 Å². The van der Waals surface area contributed by atoms with E-state index >= 15 is 0 Å². The second-order valence-electron chi connectivity index (χ2n) is 9.07. The highest BCUT2D eigenvalue weighted by atomic mass is 15.0. The minimum absolute atomic E-state index is 0.0274. The summed E-state index contributed by atoms with van der Waals surface area (Å²) >= 11 is 0. The van der Waals surface area contributed by atoms with Crippen molar-refractivity contribution in [2.75, 3.05) is 0 Å². The second kappa shape index (κ2) is 5.96. The van der Waals surface area contributed by atoms with Gasteiger partial charge in [-0.05, 0) is 42.5 Å². The number of aromatic amines is 1. The number of rotatable bonds is 1. The number of H-pyrrole nitrogens is 1. The molecule has 0 spiro atoms. The molecule has 3 heterocycles. The van der Waals surface area contributed by atoms with E-state index in [1.165, 1.54) is 38.3 Å². The van der Waals surface area contributed by atoms with E-state index in [4.69, 9.17) is 4.98 Å².